The largest absolute Gasteiger partial charge is 0.462 e. The molecule has 1 unspecified atom stereocenters. The van der Waals surface area contributed by atoms with Gasteiger partial charge in [-0.2, -0.15) is 0 Å². The highest BCUT2D eigenvalue weighted by atomic mass is 16.6. The molecule has 6 heteroatoms. The molecule has 0 aromatic rings. The van der Waals surface area contributed by atoms with Gasteiger partial charge in [0.15, 0.2) is 6.10 Å². The Hall–Kier alpha value is -2.37. The van der Waals surface area contributed by atoms with Crippen LogP contribution in [0.1, 0.15) is 406 Å². The fraction of sp³-hybridized carbons (Fsp3) is 0.880. The van der Waals surface area contributed by atoms with Crippen LogP contribution in [0.25, 0.3) is 0 Å². The van der Waals surface area contributed by atoms with E-state index in [0.717, 1.165) is 70.6 Å². The van der Waals surface area contributed by atoms with Crippen molar-refractivity contribution in [3.05, 3.63) is 36.5 Å². The number of allylic oxidation sites excluding steroid dienone is 6. The van der Waals surface area contributed by atoms with E-state index in [-0.39, 0.29) is 31.1 Å². The number of rotatable bonds is 68. The molecule has 0 heterocycles. The van der Waals surface area contributed by atoms with Crippen LogP contribution in [0.15, 0.2) is 36.5 Å². The van der Waals surface area contributed by atoms with Gasteiger partial charge in [-0.05, 0) is 57.8 Å². The molecule has 0 radical (unpaired) electrons. The third-order valence-corrected chi connectivity index (χ3v) is 16.6. The van der Waals surface area contributed by atoms with Crippen LogP contribution in [0.4, 0.5) is 0 Å². The minimum atomic E-state index is -0.766. The van der Waals surface area contributed by atoms with Gasteiger partial charge in [0.2, 0.25) is 0 Å². The Kier molecular flexibility index (Phi) is 68.1. The van der Waals surface area contributed by atoms with Gasteiger partial charge in [-0.1, -0.05) is 365 Å². The maximum atomic E-state index is 12.9. The summed E-state index contributed by atoms with van der Waals surface area (Å²) in [4.78, 5) is 38.2. The lowest BCUT2D eigenvalue weighted by Gasteiger charge is -2.18. The summed E-state index contributed by atoms with van der Waals surface area (Å²) in [6.07, 6.45) is 87.9. The van der Waals surface area contributed by atoms with Gasteiger partial charge in [0.25, 0.3) is 0 Å². The second kappa shape index (κ2) is 70.1. The van der Waals surface area contributed by atoms with Crippen LogP contribution in [0, 0.1) is 0 Å². The summed E-state index contributed by atoms with van der Waals surface area (Å²) in [5.41, 5.74) is 0. The lowest BCUT2D eigenvalue weighted by atomic mass is 10.0. The standard InChI is InChI=1S/C75H140O6/c1-4-7-10-13-16-18-20-22-24-26-28-30-32-33-34-35-36-37-38-39-40-41-43-44-46-48-50-52-54-56-59-62-65-68-74(77)80-71-72(70-79-73(76)67-64-61-58-15-12-9-6-3)81-75(78)69-66-63-60-57-55-53-51-49-47-45-42-31-29-27-25-23-21-19-17-14-11-8-5-2/h20,22,26,28,32-33,72H,4-19,21,23-25,27,29-31,34-71H2,1-3H3/b22-20-,28-26-,33-32-. The Bertz CT molecular complexity index is 1350. The summed E-state index contributed by atoms with van der Waals surface area (Å²) in [5, 5.41) is 0. The second-order valence-electron chi connectivity index (χ2n) is 24.9. The van der Waals surface area contributed by atoms with Crippen LogP contribution in [-0.4, -0.2) is 37.2 Å². The fourth-order valence-corrected chi connectivity index (χ4v) is 11.2. The average Bonchev–Trinajstić information content (AvgIpc) is 3.47. The monoisotopic (exact) mass is 1140 g/mol. The maximum Gasteiger partial charge on any atom is 0.306 e. The molecule has 0 saturated heterocycles. The minimum Gasteiger partial charge on any atom is -0.462 e. The summed E-state index contributed by atoms with van der Waals surface area (Å²) >= 11 is 0. The highest BCUT2D eigenvalue weighted by Gasteiger charge is 2.19. The lowest BCUT2D eigenvalue weighted by Crippen LogP contribution is -2.30. The van der Waals surface area contributed by atoms with E-state index >= 15 is 0 Å². The van der Waals surface area contributed by atoms with Crippen LogP contribution in [0.3, 0.4) is 0 Å². The molecule has 0 amide bonds. The summed E-state index contributed by atoms with van der Waals surface area (Å²) in [6, 6.07) is 0. The maximum absolute atomic E-state index is 12.9. The normalized spacial score (nSPS) is 12.2. The first-order valence-corrected chi connectivity index (χ1v) is 36.5. The first kappa shape index (κ1) is 78.6. The van der Waals surface area contributed by atoms with Crippen LogP contribution >= 0.6 is 0 Å². The summed E-state index contributed by atoms with van der Waals surface area (Å²) in [7, 11) is 0. The first-order chi connectivity index (χ1) is 40.0. The van der Waals surface area contributed by atoms with Crippen molar-refractivity contribution >= 4 is 17.9 Å². The Labute approximate surface area is 506 Å². The molecule has 0 saturated carbocycles. The van der Waals surface area contributed by atoms with Gasteiger partial charge >= 0.3 is 17.9 Å². The molecule has 0 aliphatic rings. The van der Waals surface area contributed by atoms with E-state index in [1.165, 1.54) is 295 Å². The quantitative estimate of drug-likeness (QED) is 0.0261. The highest BCUT2D eigenvalue weighted by molar-refractivity contribution is 5.71. The van der Waals surface area contributed by atoms with Crippen molar-refractivity contribution < 1.29 is 28.6 Å². The van der Waals surface area contributed by atoms with Crippen molar-refractivity contribution in [3.8, 4) is 0 Å². The molecule has 0 bridgehead atoms. The van der Waals surface area contributed by atoms with Crippen LogP contribution in [-0.2, 0) is 28.6 Å². The van der Waals surface area contributed by atoms with Crippen molar-refractivity contribution in [2.75, 3.05) is 13.2 Å². The number of hydrogen-bond donors (Lipinski definition) is 0. The van der Waals surface area contributed by atoms with Gasteiger partial charge in [0.05, 0.1) is 0 Å². The second-order valence-corrected chi connectivity index (χ2v) is 24.9. The van der Waals surface area contributed by atoms with Crippen molar-refractivity contribution in [2.45, 2.75) is 412 Å². The Morgan fingerprint density at radius 3 is 0.691 bits per heavy atom. The molecule has 0 aromatic carbocycles. The number of hydrogen-bond acceptors (Lipinski definition) is 6. The summed E-state index contributed by atoms with van der Waals surface area (Å²) in [6.45, 7) is 6.66. The van der Waals surface area contributed by atoms with Gasteiger partial charge in [-0.25, -0.2) is 0 Å². The van der Waals surface area contributed by atoms with Gasteiger partial charge in [0, 0.05) is 19.3 Å². The van der Waals surface area contributed by atoms with Gasteiger partial charge < -0.3 is 14.2 Å². The molecule has 0 N–H and O–H groups in total. The van der Waals surface area contributed by atoms with E-state index in [1.54, 1.807) is 0 Å². The molecule has 6 nitrogen and oxygen atoms in total. The fourth-order valence-electron chi connectivity index (χ4n) is 11.2. The predicted octanol–water partition coefficient (Wildman–Crippen LogP) is 25.1. The first-order valence-electron chi connectivity index (χ1n) is 36.5. The van der Waals surface area contributed by atoms with Gasteiger partial charge in [-0.3, -0.25) is 14.4 Å². The number of carbonyl (C=O) groups is 3. The van der Waals surface area contributed by atoms with Crippen molar-refractivity contribution in [1.82, 2.24) is 0 Å². The third-order valence-electron chi connectivity index (χ3n) is 16.6. The SMILES string of the molecule is CCCCCCC/C=C\C/C=C\C/C=C\CCCCCCCCCCCCCCCCCCCCC(=O)OCC(COC(=O)CCCCCCCCC)OC(=O)CCCCCCCCCCCCCCCCCCCCCCCCC. The zero-order valence-electron chi connectivity index (χ0n) is 54.8. The number of ether oxygens (including phenoxy) is 3. The minimum absolute atomic E-state index is 0.0652. The summed E-state index contributed by atoms with van der Waals surface area (Å²) < 4.78 is 16.9. The van der Waals surface area contributed by atoms with Crippen LogP contribution < -0.4 is 0 Å². The molecule has 0 spiro atoms. The lowest BCUT2D eigenvalue weighted by molar-refractivity contribution is -0.167. The van der Waals surface area contributed by atoms with Gasteiger partial charge in [-0.15, -0.1) is 0 Å². The molecule has 0 aliphatic carbocycles. The molecule has 0 fully saturated rings. The van der Waals surface area contributed by atoms with E-state index in [9.17, 15) is 14.4 Å². The molecule has 1 atom stereocenters. The Morgan fingerprint density at radius 2 is 0.444 bits per heavy atom. The third kappa shape index (κ3) is 68.3. The van der Waals surface area contributed by atoms with Crippen LogP contribution in [0.5, 0.6) is 0 Å². The topological polar surface area (TPSA) is 78.9 Å². The zero-order valence-corrected chi connectivity index (χ0v) is 54.8. The Morgan fingerprint density at radius 1 is 0.247 bits per heavy atom. The molecule has 0 aromatic heterocycles. The molecule has 0 aliphatic heterocycles. The van der Waals surface area contributed by atoms with E-state index < -0.39 is 6.10 Å². The number of unbranched alkanes of at least 4 members (excludes halogenated alkanes) is 51. The van der Waals surface area contributed by atoms with E-state index in [0.29, 0.717) is 19.3 Å². The molecule has 81 heavy (non-hydrogen) atoms. The molecule has 476 valence electrons. The molecular formula is C75H140O6. The van der Waals surface area contributed by atoms with E-state index in [1.807, 2.05) is 0 Å². The van der Waals surface area contributed by atoms with E-state index in [4.69, 9.17) is 14.2 Å². The van der Waals surface area contributed by atoms with Crippen molar-refractivity contribution in [3.63, 3.8) is 0 Å². The van der Waals surface area contributed by atoms with E-state index in [2.05, 4.69) is 57.2 Å². The summed E-state index contributed by atoms with van der Waals surface area (Å²) in [5.74, 6) is -0.842. The molecular weight excluding hydrogens is 997 g/mol. The number of carbonyl (C=O) groups excluding carboxylic acids is 3. The van der Waals surface area contributed by atoms with Crippen molar-refractivity contribution in [1.29, 1.82) is 0 Å². The number of esters is 3. The highest BCUT2D eigenvalue weighted by Crippen LogP contribution is 2.19. The Balaban J connectivity index is 3.98. The van der Waals surface area contributed by atoms with Gasteiger partial charge in [0.1, 0.15) is 13.2 Å². The van der Waals surface area contributed by atoms with Crippen LogP contribution in [0.2, 0.25) is 0 Å². The smallest absolute Gasteiger partial charge is 0.306 e. The zero-order chi connectivity index (χ0) is 58.5. The predicted molar refractivity (Wildman–Crippen MR) is 353 cm³/mol. The average molecular weight is 1140 g/mol. The van der Waals surface area contributed by atoms with Crippen molar-refractivity contribution in [2.24, 2.45) is 0 Å². The molecule has 0 rings (SSSR count).